The van der Waals surface area contributed by atoms with Crippen LogP contribution in [0, 0.1) is 18.4 Å². The number of halogens is 1. The Bertz CT molecular complexity index is 980. The Hall–Kier alpha value is -2.80. The van der Waals surface area contributed by atoms with Crippen molar-refractivity contribution in [3.8, 4) is 28.7 Å². The van der Waals surface area contributed by atoms with Crippen molar-refractivity contribution in [2.24, 2.45) is 0 Å². The highest BCUT2D eigenvalue weighted by molar-refractivity contribution is 6.30. The largest absolute Gasteiger partial charge is 0.492 e. The molecule has 0 saturated carbocycles. The Kier molecular flexibility index (Phi) is 6.46. The average molecular weight is 402 g/mol. The predicted molar refractivity (Wildman–Crippen MR) is 118 cm³/mol. The lowest BCUT2D eigenvalue weighted by molar-refractivity contribution is 0.255. The van der Waals surface area contributed by atoms with Crippen molar-refractivity contribution in [1.29, 1.82) is 0 Å². The number of hydrogen-bond acceptors (Lipinski definition) is 3. The van der Waals surface area contributed by atoms with Crippen molar-refractivity contribution in [3.63, 3.8) is 0 Å². The predicted octanol–water partition coefficient (Wildman–Crippen LogP) is 5.44. The lowest BCUT2D eigenvalue weighted by Gasteiger charge is -2.14. The number of ether oxygens (including phenoxy) is 1. The number of hydrogen-bond donors (Lipinski definition) is 0. The molecule has 0 aliphatic carbocycles. The van der Waals surface area contributed by atoms with Gasteiger partial charge < -0.3 is 4.74 Å². The number of benzene rings is 2. The van der Waals surface area contributed by atoms with Crippen molar-refractivity contribution in [2.45, 2.75) is 12.8 Å². The Morgan fingerprint density at radius 2 is 1.72 bits per heavy atom. The van der Waals surface area contributed by atoms with Crippen molar-refractivity contribution in [1.82, 2.24) is 9.88 Å². The third-order valence-electron chi connectivity index (χ3n) is 4.81. The van der Waals surface area contributed by atoms with E-state index < -0.39 is 0 Å². The average Bonchev–Trinajstić information content (AvgIpc) is 3.28. The Balaban J connectivity index is 1.32. The number of rotatable bonds is 5. The topological polar surface area (TPSA) is 25.4 Å². The molecule has 4 rings (SSSR count). The molecule has 1 fully saturated rings. The summed E-state index contributed by atoms with van der Waals surface area (Å²) in [5, 5.41) is 0.728. The van der Waals surface area contributed by atoms with Crippen molar-refractivity contribution in [2.75, 3.05) is 19.7 Å². The first-order valence-electron chi connectivity index (χ1n) is 9.80. The second-order valence-electron chi connectivity index (χ2n) is 6.92. The highest BCUT2D eigenvalue weighted by Gasteiger charge is 2.11. The van der Waals surface area contributed by atoms with Crippen molar-refractivity contribution >= 4 is 11.6 Å². The van der Waals surface area contributed by atoms with Gasteiger partial charge in [-0.2, -0.15) is 0 Å². The molecule has 0 spiro atoms. The molecule has 0 N–H and O–H groups in total. The lowest BCUT2D eigenvalue weighted by atomic mass is 10.1. The van der Waals surface area contributed by atoms with Gasteiger partial charge in [-0.1, -0.05) is 35.7 Å². The second kappa shape index (κ2) is 9.60. The zero-order chi connectivity index (χ0) is 19.9. The van der Waals surface area contributed by atoms with Crippen LogP contribution in [0.1, 0.15) is 24.1 Å². The third-order valence-corrected chi connectivity index (χ3v) is 5.07. The highest BCUT2D eigenvalue weighted by Crippen LogP contribution is 2.20. The van der Waals surface area contributed by atoms with Gasteiger partial charge in [-0.25, -0.2) is 4.98 Å². The summed E-state index contributed by atoms with van der Waals surface area (Å²) in [5.74, 6) is 7.15. The van der Waals surface area contributed by atoms with Gasteiger partial charge in [0.1, 0.15) is 18.1 Å². The van der Waals surface area contributed by atoms with E-state index in [9.17, 15) is 0 Å². The molecule has 0 unspecified atom stereocenters. The van der Waals surface area contributed by atoms with Crippen LogP contribution in [-0.4, -0.2) is 29.6 Å². The number of likely N-dealkylation sites (tertiary alicyclic amines) is 1. The molecular weight excluding hydrogens is 380 g/mol. The molecule has 1 aliphatic heterocycles. The van der Waals surface area contributed by atoms with Gasteiger partial charge in [0.15, 0.2) is 0 Å². The molecule has 0 amide bonds. The molecular formula is C25H22ClN2O. The molecule has 2 aromatic carbocycles. The molecule has 2 heterocycles. The van der Waals surface area contributed by atoms with E-state index in [2.05, 4.69) is 28.3 Å². The molecule has 3 nitrogen and oxygen atoms in total. The minimum Gasteiger partial charge on any atom is -0.492 e. The highest BCUT2D eigenvalue weighted by atomic mass is 35.5. The van der Waals surface area contributed by atoms with Crippen LogP contribution in [-0.2, 0) is 0 Å². The van der Waals surface area contributed by atoms with Crippen LogP contribution in [0.3, 0.4) is 0 Å². The fourth-order valence-corrected chi connectivity index (χ4v) is 3.32. The summed E-state index contributed by atoms with van der Waals surface area (Å²) in [7, 11) is 0. The summed E-state index contributed by atoms with van der Waals surface area (Å²) < 4.78 is 5.82. The second-order valence-corrected chi connectivity index (χ2v) is 7.36. The Morgan fingerprint density at radius 1 is 0.931 bits per heavy atom. The van der Waals surface area contributed by atoms with Crippen molar-refractivity contribution in [3.05, 3.63) is 89.7 Å². The SMILES string of the molecule is Clc1ccc(-c2ccc(C#Cc3ccc(OCCN4[CH]CCC4)cc3)nc2)cc1. The summed E-state index contributed by atoms with van der Waals surface area (Å²) in [4.78, 5) is 6.77. The number of pyridine rings is 1. The van der Waals surface area contributed by atoms with Gasteiger partial charge in [0.2, 0.25) is 0 Å². The smallest absolute Gasteiger partial charge is 0.119 e. The van der Waals surface area contributed by atoms with E-state index in [0.29, 0.717) is 6.61 Å². The quantitative estimate of drug-likeness (QED) is 0.532. The number of nitrogens with zero attached hydrogens (tertiary/aromatic N) is 2. The van der Waals surface area contributed by atoms with Crippen LogP contribution in [0.4, 0.5) is 0 Å². The zero-order valence-electron chi connectivity index (χ0n) is 16.1. The van der Waals surface area contributed by atoms with Gasteiger partial charge >= 0.3 is 0 Å². The van der Waals surface area contributed by atoms with Crippen LogP contribution < -0.4 is 4.74 Å². The summed E-state index contributed by atoms with van der Waals surface area (Å²) in [6, 6.07) is 19.6. The van der Waals surface area contributed by atoms with E-state index in [1.807, 2.05) is 66.9 Å². The first-order valence-corrected chi connectivity index (χ1v) is 10.2. The first kappa shape index (κ1) is 19.5. The van der Waals surface area contributed by atoms with Gasteiger partial charge in [-0.05, 0) is 73.3 Å². The van der Waals surface area contributed by atoms with E-state index in [-0.39, 0.29) is 0 Å². The molecule has 0 atom stereocenters. The standard InChI is InChI=1S/C25H22ClN2O/c26-23-9-6-21(7-10-23)22-8-12-24(27-19-22)11-3-20-4-13-25(14-5-20)29-18-17-28-15-1-2-16-28/h4-10,12-15,19H,1-2,16-18H2. The van der Waals surface area contributed by atoms with Gasteiger partial charge in [0, 0.05) is 35.4 Å². The summed E-state index contributed by atoms with van der Waals surface area (Å²) in [6.45, 7) is 5.05. The van der Waals surface area contributed by atoms with Crippen LogP contribution in [0.15, 0.2) is 66.9 Å². The third kappa shape index (κ3) is 5.60. The lowest BCUT2D eigenvalue weighted by Crippen LogP contribution is -2.22. The minimum atomic E-state index is 0.700. The van der Waals surface area contributed by atoms with E-state index in [4.69, 9.17) is 16.3 Å². The maximum absolute atomic E-state index is 5.94. The van der Waals surface area contributed by atoms with E-state index >= 15 is 0 Å². The molecule has 4 heteroatoms. The van der Waals surface area contributed by atoms with Crippen LogP contribution >= 0.6 is 11.6 Å². The zero-order valence-corrected chi connectivity index (χ0v) is 16.9. The van der Waals surface area contributed by atoms with Crippen LogP contribution in [0.5, 0.6) is 5.75 Å². The van der Waals surface area contributed by atoms with Gasteiger partial charge in [0.05, 0.1) is 0 Å². The molecule has 145 valence electrons. The van der Waals surface area contributed by atoms with Gasteiger partial charge in [-0.3, -0.25) is 4.90 Å². The van der Waals surface area contributed by atoms with Crippen LogP contribution in [0.25, 0.3) is 11.1 Å². The molecule has 29 heavy (non-hydrogen) atoms. The normalized spacial score (nSPS) is 13.7. The first-order chi connectivity index (χ1) is 14.3. The van der Waals surface area contributed by atoms with Gasteiger partial charge in [-0.15, -0.1) is 0 Å². The fraction of sp³-hybridized carbons (Fsp3) is 0.200. The van der Waals surface area contributed by atoms with E-state index in [1.165, 1.54) is 12.8 Å². The molecule has 1 aromatic heterocycles. The Labute approximate surface area is 177 Å². The summed E-state index contributed by atoms with van der Waals surface area (Å²) >= 11 is 5.94. The van der Waals surface area contributed by atoms with Crippen LogP contribution in [0.2, 0.25) is 5.02 Å². The molecule has 3 aromatic rings. The molecule has 1 saturated heterocycles. The number of aromatic nitrogens is 1. The summed E-state index contributed by atoms with van der Waals surface area (Å²) in [5.41, 5.74) is 3.80. The van der Waals surface area contributed by atoms with E-state index in [1.54, 1.807) is 0 Å². The molecule has 0 bridgehead atoms. The minimum absolute atomic E-state index is 0.700. The fourth-order valence-electron chi connectivity index (χ4n) is 3.19. The summed E-state index contributed by atoms with van der Waals surface area (Å²) in [6.07, 6.45) is 4.28. The van der Waals surface area contributed by atoms with Crippen molar-refractivity contribution < 1.29 is 4.74 Å². The monoisotopic (exact) mass is 401 g/mol. The van der Waals surface area contributed by atoms with Gasteiger partial charge in [0.25, 0.3) is 0 Å². The molecule has 1 radical (unpaired) electrons. The molecule has 1 aliphatic rings. The Morgan fingerprint density at radius 3 is 2.41 bits per heavy atom. The van der Waals surface area contributed by atoms with E-state index in [0.717, 1.165) is 46.2 Å². The maximum atomic E-state index is 5.94. The maximum Gasteiger partial charge on any atom is 0.119 e.